The van der Waals surface area contributed by atoms with E-state index in [1.165, 1.54) is 6.26 Å². The molecule has 0 aliphatic rings. The van der Waals surface area contributed by atoms with Crippen molar-refractivity contribution in [3.8, 4) is 11.6 Å². The molecule has 0 radical (unpaired) electrons. The van der Waals surface area contributed by atoms with E-state index in [1.54, 1.807) is 54.6 Å². The predicted octanol–water partition coefficient (Wildman–Crippen LogP) is 4.52. The number of aromatic nitrogens is 2. The summed E-state index contributed by atoms with van der Waals surface area (Å²) in [6.07, 6.45) is 1.80. The zero-order valence-electron chi connectivity index (χ0n) is 15.1. The van der Waals surface area contributed by atoms with Crippen LogP contribution >= 0.6 is 11.6 Å². The fourth-order valence-electron chi connectivity index (χ4n) is 2.77. The highest BCUT2D eigenvalue weighted by molar-refractivity contribution is 7.91. The molecule has 0 aliphatic carbocycles. The van der Waals surface area contributed by atoms with Gasteiger partial charge in [0.2, 0.25) is 21.7 Å². The molecule has 4 rings (SSSR count). The monoisotopic (exact) mass is 429 g/mol. The summed E-state index contributed by atoms with van der Waals surface area (Å²) in [6, 6.07) is 17.2. The van der Waals surface area contributed by atoms with Crippen LogP contribution < -0.4 is 4.72 Å². The largest absolute Gasteiger partial charge is 0.461 e. The van der Waals surface area contributed by atoms with Crippen molar-refractivity contribution in [3.63, 3.8) is 0 Å². The lowest BCUT2D eigenvalue weighted by atomic mass is 10.1. The van der Waals surface area contributed by atoms with E-state index in [0.717, 1.165) is 0 Å². The van der Waals surface area contributed by atoms with E-state index in [2.05, 4.69) is 14.9 Å². The summed E-state index contributed by atoms with van der Waals surface area (Å²) in [7, 11) is -3.62. The SMILES string of the molecule is O=S(=O)(Cc1ccc(Cl)cc1)Nc1ccccc1Cc1nc(-c2ccco2)no1. The van der Waals surface area contributed by atoms with Crippen molar-refractivity contribution in [3.05, 3.63) is 89.0 Å². The van der Waals surface area contributed by atoms with Gasteiger partial charge in [-0.15, -0.1) is 0 Å². The van der Waals surface area contributed by atoms with Crippen molar-refractivity contribution in [1.29, 1.82) is 0 Å². The highest BCUT2D eigenvalue weighted by atomic mass is 35.5. The Morgan fingerprint density at radius 2 is 1.79 bits per heavy atom. The molecule has 1 N–H and O–H groups in total. The Morgan fingerprint density at radius 3 is 2.55 bits per heavy atom. The Labute approximate surface area is 172 Å². The summed E-state index contributed by atoms with van der Waals surface area (Å²) in [6.45, 7) is 0. The Bertz CT molecular complexity index is 1200. The van der Waals surface area contributed by atoms with Crippen LogP contribution in [0.25, 0.3) is 11.6 Å². The highest BCUT2D eigenvalue weighted by Gasteiger charge is 2.17. The smallest absolute Gasteiger partial charge is 0.238 e. The first-order chi connectivity index (χ1) is 14.0. The maximum Gasteiger partial charge on any atom is 0.238 e. The van der Waals surface area contributed by atoms with Gasteiger partial charge in [0.05, 0.1) is 24.1 Å². The first-order valence-corrected chi connectivity index (χ1v) is 10.7. The van der Waals surface area contributed by atoms with Gasteiger partial charge in [0.1, 0.15) is 0 Å². The molecule has 0 aliphatic heterocycles. The van der Waals surface area contributed by atoms with Gasteiger partial charge in [-0.05, 0) is 41.5 Å². The van der Waals surface area contributed by atoms with Crippen molar-refractivity contribution in [1.82, 2.24) is 10.1 Å². The number of para-hydroxylation sites is 1. The first-order valence-electron chi connectivity index (χ1n) is 8.68. The van der Waals surface area contributed by atoms with E-state index in [4.69, 9.17) is 20.5 Å². The number of benzene rings is 2. The second kappa shape index (κ2) is 8.10. The molecular formula is C20H16ClN3O4S. The predicted molar refractivity (Wildman–Crippen MR) is 109 cm³/mol. The van der Waals surface area contributed by atoms with Crippen LogP contribution in [-0.2, 0) is 22.2 Å². The molecule has 2 aromatic heterocycles. The molecule has 9 heteroatoms. The van der Waals surface area contributed by atoms with Crippen LogP contribution in [0, 0.1) is 0 Å². The normalized spacial score (nSPS) is 11.5. The zero-order chi connectivity index (χ0) is 20.3. The molecule has 148 valence electrons. The van der Waals surface area contributed by atoms with Crippen LogP contribution in [0.15, 0.2) is 75.9 Å². The third-order valence-electron chi connectivity index (χ3n) is 4.10. The van der Waals surface area contributed by atoms with E-state index < -0.39 is 10.0 Å². The molecule has 0 atom stereocenters. The minimum absolute atomic E-state index is 0.165. The van der Waals surface area contributed by atoms with E-state index in [1.807, 2.05) is 6.07 Å². The molecule has 29 heavy (non-hydrogen) atoms. The molecular weight excluding hydrogens is 414 g/mol. The number of anilines is 1. The first kappa shape index (κ1) is 19.2. The van der Waals surface area contributed by atoms with Gasteiger partial charge in [-0.3, -0.25) is 4.72 Å². The molecule has 4 aromatic rings. The second-order valence-corrected chi connectivity index (χ2v) is 8.47. The van der Waals surface area contributed by atoms with E-state index >= 15 is 0 Å². The van der Waals surface area contributed by atoms with Gasteiger partial charge in [-0.1, -0.05) is 47.1 Å². The highest BCUT2D eigenvalue weighted by Crippen LogP contribution is 2.23. The molecule has 2 aromatic carbocycles. The van der Waals surface area contributed by atoms with Crippen molar-refractivity contribution >= 4 is 27.3 Å². The van der Waals surface area contributed by atoms with E-state index in [0.29, 0.717) is 39.3 Å². The summed E-state index contributed by atoms with van der Waals surface area (Å²) in [5.74, 6) is 1.02. The second-order valence-electron chi connectivity index (χ2n) is 6.31. The summed E-state index contributed by atoms with van der Waals surface area (Å²) >= 11 is 5.85. The fraction of sp³-hybridized carbons (Fsp3) is 0.100. The van der Waals surface area contributed by atoms with Gasteiger partial charge < -0.3 is 8.94 Å². The van der Waals surface area contributed by atoms with E-state index in [-0.39, 0.29) is 12.2 Å². The van der Waals surface area contributed by atoms with Crippen LogP contribution in [-0.4, -0.2) is 18.6 Å². The third-order valence-corrected chi connectivity index (χ3v) is 5.60. The Morgan fingerprint density at radius 1 is 1.00 bits per heavy atom. The maximum absolute atomic E-state index is 12.6. The number of hydrogen-bond donors (Lipinski definition) is 1. The standard InChI is InChI=1S/C20H16ClN3O4S/c21-16-9-7-14(8-10-16)13-29(25,26)24-17-5-2-1-4-15(17)12-19-22-20(23-28-19)18-6-3-11-27-18/h1-11,24H,12-13H2. The van der Waals surface area contributed by atoms with Gasteiger partial charge in [-0.2, -0.15) is 4.98 Å². The number of hydrogen-bond acceptors (Lipinski definition) is 6. The van der Waals surface area contributed by atoms with Gasteiger partial charge >= 0.3 is 0 Å². The van der Waals surface area contributed by atoms with Crippen LogP contribution in [0.5, 0.6) is 0 Å². The van der Waals surface area contributed by atoms with Gasteiger partial charge in [0, 0.05) is 5.02 Å². The number of rotatable bonds is 7. The minimum Gasteiger partial charge on any atom is -0.461 e. The van der Waals surface area contributed by atoms with Crippen molar-refractivity contribution in [2.45, 2.75) is 12.2 Å². The van der Waals surface area contributed by atoms with Gasteiger partial charge in [0.15, 0.2) is 5.76 Å². The lowest BCUT2D eigenvalue weighted by Gasteiger charge is -2.12. The third kappa shape index (κ3) is 4.85. The maximum atomic E-state index is 12.6. The van der Waals surface area contributed by atoms with E-state index in [9.17, 15) is 8.42 Å². The van der Waals surface area contributed by atoms with Crippen LogP contribution in [0.4, 0.5) is 5.69 Å². The van der Waals surface area contributed by atoms with Crippen molar-refractivity contribution < 1.29 is 17.4 Å². The molecule has 0 fully saturated rings. The zero-order valence-corrected chi connectivity index (χ0v) is 16.7. The Balaban J connectivity index is 1.51. The number of halogens is 1. The average molecular weight is 430 g/mol. The molecule has 7 nitrogen and oxygen atoms in total. The number of nitrogens with one attached hydrogen (secondary N) is 1. The molecule has 0 unspecified atom stereocenters. The topological polar surface area (TPSA) is 98.2 Å². The summed E-state index contributed by atoms with van der Waals surface area (Å²) < 4.78 is 38.4. The summed E-state index contributed by atoms with van der Waals surface area (Å²) in [4.78, 5) is 4.30. The molecule has 0 saturated carbocycles. The van der Waals surface area contributed by atoms with Gasteiger partial charge in [0.25, 0.3) is 0 Å². The number of furan rings is 1. The fourth-order valence-corrected chi connectivity index (χ4v) is 4.14. The number of sulfonamides is 1. The Hall–Kier alpha value is -3.10. The average Bonchev–Trinajstić information content (AvgIpc) is 3.36. The lowest BCUT2D eigenvalue weighted by Crippen LogP contribution is -2.16. The van der Waals surface area contributed by atoms with Crippen LogP contribution in [0.3, 0.4) is 0 Å². The quantitative estimate of drug-likeness (QED) is 0.464. The Kier molecular flexibility index (Phi) is 5.37. The van der Waals surface area contributed by atoms with Crippen LogP contribution in [0.2, 0.25) is 5.02 Å². The molecule has 2 heterocycles. The molecule has 0 saturated heterocycles. The van der Waals surface area contributed by atoms with Crippen molar-refractivity contribution in [2.75, 3.05) is 4.72 Å². The molecule has 0 amide bonds. The lowest BCUT2D eigenvalue weighted by molar-refractivity contribution is 0.384. The molecule has 0 spiro atoms. The molecule has 0 bridgehead atoms. The summed E-state index contributed by atoms with van der Waals surface area (Å²) in [5.41, 5.74) is 1.81. The van der Waals surface area contributed by atoms with Gasteiger partial charge in [-0.25, -0.2) is 8.42 Å². The minimum atomic E-state index is -3.62. The van der Waals surface area contributed by atoms with Crippen molar-refractivity contribution in [2.24, 2.45) is 0 Å². The number of nitrogens with zero attached hydrogens (tertiary/aromatic N) is 2. The summed E-state index contributed by atoms with van der Waals surface area (Å²) in [5, 5.41) is 4.45. The van der Waals surface area contributed by atoms with Crippen LogP contribution in [0.1, 0.15) is 17.0 Å².